The molecule has 0 aromatic carbocycles. The first-order valence-electron chi connectivity index (χ1n) is 12.4. The molecule has 4 aromatic heterocycles. The van der Waals surface area contributed by atoms with Crippen molar-refractivity contribution in [2.45, 2.75) is 40.7 Å². The molecule has 11 heteroatoms. The van der Waals surface area contributed by atoms with Crippen LogP contribution in [0.1, 0.15) is 38.2 Å². The minimum Gasteiger partial charge on any atom is -0.367 e. The van der Waals surface area contributed by atoms with Crippen LogP contribution in [-0.4, -0.2) is 67.3 Å². The van der Waals surface area contributed by atoms with Gasteiger partial charge in [-0.1, -0.05) is 6.92 Å². The Bertz CT molecular complexity index is 1450. The van der Waals surface area contributed by atoms with Crippen LogP contribution in [0.5, 0.6) is 0 Å². The van der Waals surface area contributed by atoms with Crippen molar-refractivity contribution in [1.82, 2.24) is 34.6 Å². The highest BCUT2D eigenvalue weighted by atomic mass is 32.1. The number of rotatable bonds is 6. The molecule has 0 radical (unpaired) electrons. The fourth-order valence-electron chi connectivity index (χ4n) is 5.60. The summed E-state index contributed by atoms with van der Waals surface area (Å²) in [7, 11) is 0. The van der Waals surface area contributed by atoms with Crippen molar-refractivity contribution < 1.29 is 4.39 Å². The standard InChI is InChI=1S/C25H30FN9S/c1-6-33-10-25(11-33)12-34(13-25)18-7-8-28-32-22(18)31-24-27-9-17(26)20(30-24)21-15(4)19-23(36-21)35(14(2)3)16(5)29-19/h7-9,14H,6,10-13H2,1-5H3,(H,27,30,31,32). The largest absolute Gasteiger partial charge is 0.367 e. The molecule has 6 heterocycles. The predicted molar refractivity (Wildman–Crippen MR) is 141 cm³/mol. The van der Waals surface area contributed by atoms with Crippen LogP contribution in [0.15, 0.2) is 18.5 Å². The molecule has 2 fully saturated rings. The van der Waals surface area contributed by atoms with Crippen LogP contribution in [0.2, 0.25) is 0 Å². The van der Waals surface area contributed by atoms with Gasteiger partial charge in [-0.15, -0.1) is 16.4 Å². The molecule has 2 aliphatic heterocycles. The molecule has 1 N–H and O–H groups in total. The topological polar surface area (TPSA) is 87.9 Å². The highest BCUT2D eigenvalue weighted by Gasteiger charge is 2.51. The highest BCUT2D eigenvalue weighted by molar-refractivity contribution is 7.22. The molecule has 0 atom stereocenters. The number of anilines is 3. The third-order valence-electron chi connectivity index (χ3n) is 7.30. The Balaban J connectivity index is 1.29. The van der Waals surface area contributed by atoms with Crippen molar-refractivity contribution in [2.75, 3.05) is 42.9 Å². The molecule has 9 nitrogen and oxygen atoms in total. The molecular weight excluding hydrogens is 477 g/mol. The average Bonchev–Trinajstić information content (AvgIpc) is 3.28. The zero-order valence-corrected chi connectivity index (χ0v) is 22.0. The van der Waals surface area contributed by atoms with E-state index in [1.165, 1.54) is 17.5 Å². The summed E-state index contributed by atoms with van der Waals surface area (Å²) in [5.41, 5.74) is 3.44. The lowest BCUT2D eigenvalue weighted by molar-refractivity contribution is -0.0177. The summed E-state index contributed by atoms with van der Waals surface area (Å²) in [6.07, 6.45) is 2.91. The third kappa shape index (κ3) is 3.64. The van der Waals surface area contributed by atoms with E-state index in [4.69, 9.17) is 4.98 Å². The minimum atomic E-state index is -0.463. The summed E-state index contributed by atoms with van der Waals surface area (Å²) in [4.78, 5) is 20.1. The number of imidazole rings is 1. The van der Waals surface area contributed by atoms with Crippen LogP contribution in [0, 0.1) is 25.1 Å². The first kappa shape index (κ1) is 23.2. The van der Waals surface area contributed by atoms with Crippen LogP contribution >= 0.6 is 11.3 Å². The van der Waals surface area contributed by atoms with Crippen molar-refractivity contribution in [3.8, 4) is 10.6 Å². The zero-order valence-electron chi connectivity index (χ0n) is 21.2. The van der Waals surface area contributed by atoms with Gasteiger partial charge in [-0.3, -0.25) is 0 Å². The summed E-state index contributed by atoms with van der Waals surface area (Å²) in [6.45, 7) is 15.8. The molecule has 0 aliphatic carbocycles. The number of nitrogens with one attached hydrogen (secondary N) is 1. The Morgan fingerprint density at radius 2 is 1.94 bits per heavy atom. The molecule has 2 saturated heterocycles. The lowest BCUT2D eigenvalue weighted by Crippen LogP contribution is -2.72. The molecule has 4 aromatic rings. The lowest BCUT2D eigenvalue weighted by atomic mass is 9.72. The van der Waals surface area contributed by atoms with E-state index in [1.807, 2.05) is 19.9 Å². The average molecular weight is 508 g/mol. The van der Waals surface area contributed by atoms with Gasteiger partial charge in [0.15, 0.2) is 11.6 Å². The summed E-state index contributed by atoms with van der Waals surface area (Å²) >= 11 is 1.52. The Hall–Kier alpha value is -3.18. The van der Waals surface area contributed by atoms with E-state index in [9.17, 15) is 4.39 Å². The molecule has 0 bridgehead atoms. The van der Waals surface area contributed by atoms with Crippen molar-refractivity contribution >= 4 is 39.1 Å². The first-order valence-corrected chi connectivity index (χ1v) is 13.2. The van der Waals surface area contributed by atoms with Crippen LogP contribution in [0.3, 0.4) is 0 Å². The Kier molecular flexibility index (Phi) is 5.45. The first-order chi connectivity index (χ1) is 17.3. The summed E-state index contributed by atoms with van der Waals surface area (Å²) in [5.74, 6) is 1.36. The Labute approximate surface area is 213 Å². The van der Waals surface area contributed by atoms with E-state index in [0.717, 1.165) is 65.0 Å². The number of nitrogens with zero attached hydrogens (tertiary/aromatic N) is 8. The molecule has 1 spiro atoms. The Morgan fingerprint density at radius 3 is 2.67 bits per heavy atom. The van der Waals surface area contributed by atoms with Crippen molar-refractivity contribution in [2.24, 2.45) is 5.41 Å². The fourth-order valence-corrected chi connectivity index (χ4v) is 7.02. The quantitative estimate of drug-likeness (QED) is 0.406. The molecule has 0 unspecified atom stereocenters. The number of hydrogen-bond acceptors (Lipinski definition) is 9. The summed E-state index contributed by atoms with van der Waals surface area (Å²) in [5, 5.41) is 11.6. The van der Waals surface area contributed by atoms with Gasteiger partial charge in [0, 0.05) is 37.6 Å². The maximum absolute atomic E-state index is 15.0. The number of fused-ring (bicyclic) bond motifs is 1. The van der Waals surface area contributed by atoms with Crippen LogP contribution < -0.4 is 10.2 Å². The predicted octanol–water partition coefficient (Wildman–Crippen LogP) is 4.57. The molecule has 0 saturated carbocycles. The SMILES string of the molecule is CCN1CC2(C1)CN(c1ccnnc1Nc1ncc(F)c(-c3sc4c(nc(C)n4C(C)C)c3C)n1)C2. The third-order valence-corrected chi connectivity index (χ3v) is 8.59. The molecule has 0 amide bonds. The van der Waals surface area contributed by atoms with Gasteiger partial charge in [0.1, 0.15) is 21.9 Å². The second-order valence-corrected chi connectivity index (χ2v) is 11.3. The van der Waals surface area contributed by atoms with Crippen molar-refractivity contribution in [3.63, 3.8) is 0 Å². The van der Waals surface area contributed by atoms with Gasteiger partial charge < -0.3 is 19.7 Å². The Morgan fingerprint density at radius 1 is 1.17 bits per heavy atom. The zero-order chi connectivity index (χ0) is 25.2. The summed E-state index contributed by atoms with van der Waals surface area (Å²) < 4.78 is 17.2. The monoisotopic (exact) mass is 507 g/mol. The van der Waals surface area contributed by atoms with Gasteiger partial charge >= 0.3 is 0 Å². The molecular formula is C25H30FN9S. The van der Waals surface area contributed by atoms with E-state index in [2.05, 4.69) is 60.6 Å². The number of thiophene rings is 1. The number of hydrogen-bond donors (Lipinski definition) is 1. The number of aromatic nitrogens is 6. The second-order valence-electron chi connectivity index (χ2n) is 10.3. The van der Waals surface area contributed by atoms with Gasteiger partial charge in [-0.25, -0.2) is 19.3 Å². The van der Waals surface area contributed by atoms with E-state index in [1.54, 1.807) is 6.20 Å². The molecule has 36 heavy (non-hydrogen) atoms. The van der Waals surface area contributed by atoms with E-state index in [0.29, 0.717) is 11.2 Å². The molecule has 2 aliphatic rings. The maximum atomic E-state index is 15.0. The van der Waals surface area contributed by atoms with Gasteiger partial charge in [-0.05, 0) is 45.9 Å². The number of aryl methyl sites for hydroxylation is 2. The van der Waals surface area contributed by atoms with Crippen LogP contribution in [0.25, 0.3) is 20.9 Å². The molecule has 6 rings (SSSR count). The minimum absolute atomic E-state index is 0.258. The maximum Gasteiger partial charge on any atom is 0.229 e. The van der Waals surface area contributed by atoms with Crippen LogP contribution in [-0.2, 0) is 0 Å². The smallest absolute Gasteiger partial charge is 0.229 e. The van der Waals surface area contributed by atoms with Crippen LogP contribution in [0.4, 0.5) is 21.8 Å². The van der Waals surface area contributed by atoms with E-state index < -0.39 is 5.82 Å². The van der Waals surface area contributed by atoms with Gasteiger partial charge in [0.05, 0.1) is 23.0 Å². The fraction of sp³-hybridized carbons (Fsp3) is 0.480. The van der Waals surface area contributed by atoms with Crippen molar-refractivity contribution in [1.29, 1.82) is 0 Å². The van der Waals surface area contributed by atoms with Gasteiger partial charge in [0.2, 0.25) is 5.95 Å². The number of likely N-dealkylation sites (tertiary alicyclic amines) is 1. The van der Waals surface area contributed by atoms with Gasteiger partial charge in [0.25, 0.3) is 0 Å². The normalized spacial score (nSPS) is 17.1. The number of halogens is 1. The van der Waals surface area contributed by atoms with E-state index in [-0.39, 0.29) is 17.7 Å². The van der Waals surface area contributed by atoms with Gasteiger partial charge in [-0.2, -0.15) is 5.10 Å². The van der Waals surface area contributed by atoms with Crippen molar-refractivity contribution in [3.05, 3.63) is 35.7 Å². The second kappa shape index (κ2) is 8.45. The van der Waals surface area contributed by atoms with E-state index >= 15 is 0 Å². The lowest BCUT2D eigenvalue weighted by Gasteiger charge is -2.61. The highest BCUT2D eigenvalue weighted by Crippen LogP contribution is 2.44. The summed E-state index contributed by atoms with van der Waals surface area (Å²) in [6, 6.07) is 2.21. The molecule has 188 valence electrons.